The van der Waals surface area contributed by atoms with Crippen LogP contribution in [0.5, 0.6) is 5.88 Å². The zero-order valence-electron chi connectivity index (χ0n) is 12.8. The lowest BCUT2D eigenvalue weighted by atomic mass is 9.99. The van der Waals surface area contributed by atoms with Gasteiger partial charge >= 0.3 is 0 Å². The molecule has 1 aliphatic rings. The second-order valence-corrected chi connectivity index (χ2v) is 5.66. The minimum atomic E-state index is 0.687. The summed E-state index contributed by atoms with van der Waals surface area (Å²) >= 11 is 0. The molecule has 1 aromatic heterocycles. The van der Waals surface area contributed by atoms with Gasteiger partial charge in [-0.3, -0.25) is 4.90 Å². The number of rotatable bonds is 7. The number of hydrogen-bond acceptors (Lipinski definition) is 4. The first kappa shape index (κ1) is 15.3. The Kier molecular flexibility index (Phi) is 6.27. The molecule has 0 aliphatic carbocycles. The number of nitrogens with zero attached hydrogens (tertiary/aromatic N) is 2. The van der Waals surface area contributed by atoms with Gasteiger partial charge in [0, 0.05) is 25.4 Å². The normalized spacial score (nSPS) is 19.2. The average molecular weight is 277 g/mol. The molecule has 1 unspecified atom stereocenters. The number of hydrogen-bond donors (Lipinski definition) is 1. The van der Waals surface area contributed by atoms with Gasteiger partial charge in [0.15, 0.2) is 0 Å². The molecule has 2 heterocycles. The molecule has 2 rings (SSSR count). The second kappa shape index (κ2) is 8.22. The predicted molar refractivity (Wildman–Crippen MR) is 82.0 cm³/mol. The van der Waals surface area contributed by atoms with E-state index in [1.54, 1.807) is 7.11 Å². The van der Waals surface area contributed by atoms with E-state index >= 15 is 0 Å². The van der Waals surface area contributed by atoms with Gasteiger partial charge in [0.25, 0.3) is 0 Å². The molecule has 1 atom stereocenters. The van der Waals surface area contributed by atoms with E-state index in [9.17, 15) is 0 Å². The molecule has 4 nitrogen and oxygen atoms in total. The van der Waals surface area contributed by atoms with Crippen molar-refractivity contribution in [3.05, 3.63) is 23.9 Å². The largest absolute Gasteiger partial charge is 0.481 e. The van der Waals surface area contributed by atoms with Gasteiger partial charge in [0.1, 0.15) is 0 Å². The minimum absolute atomic E-state index is 0.687. The lowest BCUT2D eigenvalue weighted by Crippen LogP contribution is -2.38. The van der Waals surface area contributed by atoms with Crippen LogP contribution in [0.15, 0.2) is 18.3 Å². The maximum absolute atomic E-state index is 5.11. The van der Waals surface area contributed by atoms with Crippen molar-refractivity contribution < 1.29 is 4.74 Å². The van der Waals surface area contributed by atoms with Gasteiger partial charge in [0.05, 0.1) is 7.11 Å². The molecule has 112 valence electrons. The Labute approximate surface area is 122 Å². The summed E-state index contributed by atoms with van der Waals surface area (Å²) in [5.74, 6) is 1.48. The second-order valence-electron chi connectivity index (χ2n) is 5.66. The van der Waals surface area contributed by atoms with E-state index in [0.717, 1.165) is 19.0 Å². The highest BCUT2D eigenvalue weighted by Gasteiger charge is 2.16. The monoisotopic (exact) mass is 277 g/mol. The van der Waals surface area contributed by atoms with Crippen LogP contribution in [0.4, 0.5) is 0 Å². The quantitative estimate of drug-likeness (QED) is 0.830. The Balaban J connectivity index is 1.89. The van der Waals surface area contributed by atoms with Crippen molar-refractivity contribution in [3.8, 4) is 5.88 Å². The van der Waals surface area contributed by atoms with Crippen molar-refractivity contribution in [2.24, 2.45) is 5.92 Å². The first-order valence-electron chi connectivity index (χ1n) is 7.73. The Morgan fingerprint density at radius 2 is 2.35 bits per heavy atom. The highest BCUT2D eigenvalue weighted by Crippen LogP contribution is 2.15. The topological polar surface area (TPSA) is 37.4 Å². The standard InChI is InChI=1S/C16H27N3O/c1-3-9-19(12-14-5-4-8-17-10-14)13-15-6-7-16(20-2)18-11-15/h6-7,11,14,17H,3-5,8-10,12-13H2,1-2H3. The van der Waals surface area contributed by atoms with Crippen LogP contribution in [-0.2, 0) is 6.54 Å². The molecule has 1 aromatic rings. The van der Waals surface area contributed by atoms with E-state index in [2.05, 4.69) is 28.2 Å². The van der Waals surface area contributed by atoms with E-state index in [1.165, 1.54) is 44.5 Å². The van der Waals surface area contributed by atoms with E-state index in [4.69, 9.17) is 4.74 Å². The van der Waals surface area contributed by atoms with Crippen LogP contribution in [-0.4, -0.2) is 43.2 Å². The number of aromatic nitrogens is 1. The van der Waals surface area contributed by atoms with Crippen LogP contribution in [0.25, 0.3) is 0 Å². The summed E-state index contributed by atoms with van der Waals surface area (Å²) in [5, 5.41) is 3.51. The Bertz CT molecular complexity index is 374. The third-order valence-electron chi connectivity index (χ3n) is 3.87. The van der Waals surface area contributed by atoms with E-state index < -0.39 is 0 Å². The molecule has 0 radical (unpaired) electrons. The summed E-state index contributed by atoms with van der Waals surface area (Å²) in [4.78, 5) is 6.85. The highest BCUT2D eigenvalue weighted by molar-refractivity contribution is 5.17. The maximum atomic E-state index is 5.11. The molecule has 0 saturated carbocycles. The molecule has 20 heavy (non-hydrogen) atoms. The predicted octanol–water partition coefficient (Wildman–Crippen LogP) is 2.30. The first-order valence-corrected chi connectivity index (χ1v) is 7.73. The van der Waals surface area contributed by atoms with Crippen LogP contribution >= 0.6 is 0 Å². The molecule has 4 heteroatoms. The lowest BCUT2D eigenvalue weighted by molar-refractivity contribution is 0.201. The Morgan fingerprint density at radius 3 is 2.95 bits per heavy atom. The molecule has 0 amide bonds. The molecule has 1 fully saturated rings. The van der Waals surface area contributed by atoms with Gasteiger partial charge in [-0.1, -0.05) is 13.0 Å². The molecular weight excluding hydrogens is 250 g/mol. The molecule has 1 N–H and O–H groups in total. The summed E-state index contributed by atoms with van der Waals surface area (Å²) in [6.07, 6.45) is 5.80. The lowest BCUT2D eigenvalue weighted by Gasteiger charge is -2.30. The summed E-state index contributed by atoms with van der Waals surface area (Å²) < 4.78 is 5.11. The van der Waals surface area contributed by atoms with Gasteiger partial charge in [-0.25, -0.2) is 4.98 Å². The Morgan fingerprint density at radius 1 is 1.45 bits per heavy atom. The van der Waals surface area contributed by atoms with Gasteiger partial charge in [0.2, 0.25) is 5.88 Å². The van der Waals surface area contributed by atoms with Gasteiger partial charge < -0.3 is 10.1 Å². The number of piperidine rings is 1. The Hall–Kier alpha value is -1.13. The van der Waals surface area contributed by atoms with Crippen molar-refractivity contribution >= 4 is 0 Å². The van der Waals surface area contributed by atoms with Crippen molar-refractivity contribution in [2.75, 3.05) is 33.3 Å². The first-order chi connectivity index (χ1) is 9.81. The van der Waals surface area contributed by atoms with Gasteiger partial charge in [-0.05, 0) is 50.4 Å². The molecule has 0 spiro atoms. The maximum Gasteiger partial charge on any atom is 0.212 e. The summed E-state index contributed by atoms with van der Waals surface area (Å²) in [6, 6.07) is 4.06. The number of nitrogens with one attached hydrogen (secondary N) is 1. The average Bonchev–Trinajstić information content (AvgIpc) is 2.49. The van der Waals surface area contributed by atoms with Crippen LogP contribution in [0.3, 0.4) is 0 Å². The minimum Gasteiger partial charge on any atom is -0.481 e. The zero-order chi connectivity index (χ0) is 14.2. The summed E-state index contributed by atoms with van der Waals surface area (Å²) in [7, 11) is 1.65. The third kappa shape index (κ3) is 4.76. The third-order valence-corrected chi connectivity index (χ3v) is 3.87. The molecule has 0 aromatic carbocycles. The smallest absolute Gasteiger partial charge is 0.212 e. The van der Waals surface area contributed by atoms with Gasteiger partial charge in [-0.15, -0.1) is 0 Å². The fourth-order valence-electron chi connectivity index (χ4n) is 2.88. The summed E-state index contributed by atoms with van der Waals surface area (Å²) in [6.45, 7) is 7.93. The van der Waals surface area contributed by atoms with Crippen molar-refractivity contribution in [1.29, 1.82) is 0 Å². The molecular formula is C16H27N3O. The van der Waals surface area contributed by atoms with Crippen LogP contribution in [0, 0.1) is 5.92 Å². The highest BCUT2D eigenvalue weighted by atomic mass is 16.5. The fraction of sp³-hybridized carbons (Fsp3) is 0.688. The van der Waals surface area contributed by atoms with E-state index in [1.807, 2.05) is 12.3 Å². The molecule has 0 bridgehead atoms. The SMILES string of the molecule is CCCN(Cc1ccc(OC)nc1)CC1CCCNC1. The van der Waals surface area contributed by atoms with Crippen molar-refractivity contribution in [3.63, 3.8) is 0 Å². The van der Waals surface area contributed by atoms with Crippen molar-refractivity contribution in [2.45, 2.75) is 32.7 Å². The van der Waals surface area contributed by atoms with E-state index in [0.29, 0.717) is 5.88 Å². The van der Waals surface area contributed by atoms with Crippen molar-refractivity contribution in [1.82, 2.24) is 15.2 Å². The van der Waals surface area contributed by atoms with Gasteiger partial charge in [-0.2, -0.15) is 0 Å². The van der Waals surface area contributed by atoms with E-state index in [-0.39, 0.29) is 0 Å². The fourth-order valence-corrected chi connectivity index (χ4v) is 2.88. The number of pyridine rings is 1. The number of ether oxygens (including phenoxy) is 1. The van der Waals surface area contributed by atoms with Crippen LogP contribution in [0.2, 0.25) is 0 Å². The number of methoxy groups -OCH3 is 1. The molecule has 1 aliphatic heterocycles. The van der Waals surface area contributed by atoms with Crippen LogP contribution < -0.4 is 10.1 Å². The summed E-state index contributed by atoms with van der Waals surface area (Å²) in [5.41, 5.74) is 1.27. The zero-order valence-corrected chi connectivity index (χ0v) is 12.8. The molecule has 1 saturated heterocycles. The van der Waals surface area contributed by atoms with Crippen LogP contribution in [0.1, 0.15) is 31.7 Å².